The lowest BCUT2D eigenvalue weighted by molar-refractivity contribution is -0.0454. The number of hydrogen-bond donors (Lipinski definition) is 3. The van der Waals surface area contributed by atoms with Crippen LogP contribution in [0.1, 0.15) is 53.1 Å². The van der Waals surface area contributed by atoms with Gasteiger partial charge in [-0.3, -0.25) is 0 Å². The fourth-order valence-corrected chi connectivity index (χ4v) is 6.31. The van der Waals surface area contributed by atoms with Crippen LogP contribution in [-0.2, 0) is 16.4 Å². The van der Waals surface area contributed by atoms with Gasteiger partial charge in [0.1, 0.15) is 16.4 Å². The minimum absolute atomic E-state index is 0.120. The van der Waals surface area contributed by atoms with E-state index in [1.807, 2.05) is 25.1 Å². The summed E-state index contributed by atoms with van der Waals surface area (Å²) in [5.74, 6) is -0.684. The Morgan fingerprint density at radius 2 is 1.78 bits per heavy atom. The fraction of sp³-hybridized carbons (Fsp3) is 0.200. The molecule has 2 heterocycles. The molecular formula is C30H27FN4O4S2. The van der Waals surface area contributed by atoms with Crippen LogP contribution in [0.2, 0.25) is 0 Å². The van der Waals surface area contributed by atoms with Crippen molar-refractivity contribution in [1.82, 2.24) is 14.8 Å². The first-order valence-corrected chi connectivity index (χ1v) is 15.4. The van der Waals surface area contributed by atoms with Crippen molar-refractivity contribution in [2.75, 3.05) is 0 Å². The maximum absolute atomic E-state index is 14.8. The van der Waals surface area contributed by atoms with Crippen molar-refractivity contribution in [3.8, 4) is 27.5 Å². The van der Waals surface area contributed by atoms with Crippen molar-refractivity contribution in [3.05, 3.63) is 106 Å². The molecule has 0 spiro atoms. The van der Waals surface area contributed by atoms with Crippen LogP contribution in [0.15, 0.2) is 77.0 Å². The van der Waals surface area contributed by atoms with Gasteiger partial charge in [0.15, 0.2) is 6.29 Å². The van der Waals surface area contributed by atoms with Gasteiger partial charge in [-0.05, 0) is 54.7 Å². The van der Waals surface area contributed by atoms with Crippen LogP contribution in [-0.4, -0.2) is 33.4 Å². The zero-order chi connectivity index (χ0) is 28.9. The summed E-state index contributed by atoms with van der Waals surface area (Å²) in [7, 11) is -4.20. The minimum atomic E-state index is -4.20. The van der Waals surface area contributed by atoms with Crippen molar-refractivity contribution in [3.63, 3.8) is 0 Å². The Hall–Kier alpha value is -3.74. The highest BCUT2D eigenvalue weighted by atomic mass is 32.2. The van der Waals surface area contributed by atoms with Crippen LogP contribution in [0.5, 0.6) is 0 Å². The molecule has 6 rings (SSSR count). The summed E-state index contributed by atoms with van der Waals surface area (Å²) in [4.78, 5) is 3.88. The molecule has 1 aliphatic rings. The van der Waals surface area contributed by atoms with Gasteiger partial charge in [-0.2, -0.15) is 5.10 Å². The van der Waals surface area contributed by atoms with Crippen LogP contribution in [0.25, 0.3) is 27.5 Å². The molecule has 3 aromatic carbocycles. The summed E-state index contributed by atoms with van der Waals surface area (Å²) < 4.78 is 40.1. The molecule has 0 amide bonds. The van der Waals surface area contributed by atoms with E-state index in [4.69, 9.17) is 10.2 Å². The Labute approximate surface area is 240 Å². The Kier molecular flexibility index (Phi) is 7.08. The second-order valence-electron chi connectivity index (χ2n) is 10.3. The van der Waals surface area contributed by atoms with Crippen molar-refractivity contribution in [2.24, 2.45) is 5.14 Å². The van der Waals surface area contributed by atoms with Gasteiger partial charge < -0.3 is 10.2 Å². The average Bonchev–Trinajstić information content (AvgIpc) is 3.52. The van der Waals surface area contributed by atoms with Gasteiger partial charge >= 0.3 is 0 Å². The summed E-state index contributed by atoms with van der Waals surface area (Å²) in [6.45, 7) is 2.04. The third kappa shape index (κ3) is 5.59. The topological polar surface area (TPSA) is 131 Å². The monoisotopic (exact) mass is 590 g/mol. The van der Waals surface area contributed by atoms with Gasteiger partial charge in [0, 0.05) is 28.8 Å². The summed E-state index contributed by atoms with van der Waals surface area (Å²) >= 11 is 1.24. The van der Waals surface area contributed by atoms with Gasteiger partial charge in [0.25, 0.3) is 0 Å². The highest BCUT2D eigenvalue weighted by molar-refractivity contribution is 7.89. The molecule has 0 radical (unpaired) electrons. The molecule has 0 saturated heterocycles. The Bertz CT molecular complexity index is 1860. The van der Waals surface area contributed by atoms with Crippen LogP contribution in [0.4, 0.5) is 4.39 Å². The van der Waals surface area contributed by atoms with Gasteiger partial charge in [-0.25, -0.2) is 27.6 Å². The summed E-state index contributed by atoms with van der Waals surface area (Å²) in [6, 6.07) is 20.2. The standard InChI is InChI=1S/C30H27FN4O4S2/c1-17-5-8-19(9-6-17)21-3-2-4-22(15-21)28-23(13-18-7-12-26(24(31)14-18)41(32,38)39)27(20-10-11-20)34-35(28)30-33-25(16-40-30)29(36)37/h2-9,12,14-16,20,29,36-37H,10-11,13H2,1H3,(H2,32,38,39). The molecule has 2 aromatic heterocycles. The number of sulfonamides is 1. The van der Waals surface area contributed by atoms with Crippen LogP contribution in [0, 0.1) is 12.7 Å². The highest BCUT2D eigenvalue weighted by Gasteiger charge is 2.33. The predicted octanol–water partition coefficient (Wildman–Crippen LogP) is 5.21. The smallest absolute Gasteiger partial charge is 0.240 e. The van der Waals surface area contributed by atoms with E-state index in [0.717, 1.165) is 52.0 Å². The zero-order valence-electron chi connectivity index (χ0n) is 22.0. The molecule has 1 saturated carbocycles. The van der Waals surface area contributed by atoms with Gasteiger partial charge in [-0.1, -0.05) is 54.1 Å². The Balaban J connectivity index is 1.53. The van der Waals surface area contributed by atoms with Gasteiger partial charge in [0.2, 0.25) is 15.2 Å². The summed E-state index contributed by atoms with van der Waals surface area (Å²) in [5.41, 5.74) is 7.25. The van der Waals surface area contributed by atoms with E-state index in [0.29, 0.717) is 17.1 Å². The first kappa shape index (κ1) is 27.4. The van der Waals surface area contributed by atoms with Crippen molar-refractivity contribution < 1.29 is 23.0 Å². The molecule has 1 aliphatic carbocycles. The first-order valence-electron chi connectivity index (χ1n) is 13.0. The first-order chi connectivity index (χ1) is 19.6. The van der Waals surface area contributed by atoms with E-state index in [1.54, 1.807) is 16.1 Å². The third-order valence-corrected chi connectivity index (χ3v) is 8.92. The number of aromatic nitrogens is 3. The fourth-order valence-electron chi connectivity index (χ4n) is 4.93. The number of aliphatic hydroxyl groups excluding tert-OH is 1. The van der Waals surface area contributed by atoms with E-state index < -0.39 is 27.0 Å². The number of aryl methyl sites for hydroxylation is 1. The second kappa shape index (κ2) is 10.6. The van der Waals surface area contributed by atoms with E-state index in [9.17, 15) is 23.0 Å². The molecule has 8 nitrogen and oxygen atoms in total. The van der Waals surface area contributed by atoms with E-state index >= 15 is 0 Å². The maximum atomic E-state index is 14.8. The van der Waals surface area contributed by atoms with Crippen molar-refractivity contribution in [2.45, 2.75) is 43.3 Å². The SMILES string of the molecule is Cc1ccc(-c2cccc(-c3c(Cc4ccc(S(N)(=O)=O)c(F)c4)c(C4CC4)nn3-c3nc(C(O)O)cs3)c2)cc1. The average molecular weight is 591 g/mol. The zero-order valence-corrected chi connectivity index (χ0v) is 23.7. The summed E-state index contributed by atoms with van der Waals surface area (Å²) in [6.07, 6.45) is 0.499. The van der Waals surface area contributed by atoms with Crippen LogP contribution < -0.4 is 5.14 Å². The van der Waals surface area contributed by atoms with Crippen LogP contribution in [0.3, 0.4) is 0 Å². The third-order valence-electron chi connectivity index (χ3n) is 7.14. The molecule has 1 fully saturated rings. The molecule has 0 bridgehead atoms. The maximum Gasteiger partial charge on any atom is 0.240 e. The van der Waals surface area contributed by atoms with Gasteiger partial charge in [-0.15, -0.1) is 11.3 Å². The van der Waals surface area contributed by atoms with Gasteiger partial charge in [0.05, 0.1) is 11.4 Å². The second-order valence-corrected chi connectivity index (χ2v) is 12.6. The number of thiazole rings is 1. The predicted molar refractivity (Wildman–Crippen MR) is 155 cm³/mol. The number of hydrogen-bond acceptors (Lipinski definition) is 7. The molecule has 0 aliphatic heterocycles. The molecule has 0 atom stereocenters. The Morgan fingerprint density at radius 1 is 1.05 bits per heavy atom. The Morgan fingerprint density at radius 3 is 2.41 bits per heavy atom. The molecule has 0 unspecified atom stereocenters. The largest absolute Gasteiger partial charge is 0.363 e. The lowest BCUT2D eigenvalue weighted by atomic mass is 9.95. The molecule has 210 valence electrons. The molecule has 11 heteroatoms. The van der Waals surface area contributed by atoms with Crippen LogP contribution >= 0.6 is 11.3 Å². The number of aliphatic hydroxyl groups is 2. The van der Waals surface area contributed by atoms with E-state index in [2.05, 4.69) is 35.3 Å². The molecule has 41 heavy (non-hydrogen) atoms. The lowest BCUT2D eigenvalue weighted by Gasteiger charge is -2.12. The minimum Gasteiger partial charge on any atom is -0.363 e. The number of nitrogens with two attached hydrogens (primary N) is 1. The number of halogens is 1. The number of rotatable bonds is 8. The highest BCUT2D eigenvalue weighted by Crippen LogP contribution is 2.45. The van der Waals surface area contributed by atoms with Crippen molar-refractivity contribution in [1.29, 1.82) is 0 Å². The lowest BCUT2D eigenvalue weighted by Crippen LogP contribution is -2.14. The van der Waals surface area contributed by atoms with E-state index in [-0.39, 0.29) is 11.6 Å². The summed E-state index contributed by atoms with van der Waals surface area (Å²) in [5, 5.41) is 31.6. The van der Waals surface area contributed by atoms with Crippen molar-refractivity contribution >= 4 is 21.4 Å². The molecule has 5 aromatic rings. The number of primary sulfonamides is 1. The normalized spacial score (nSPS) is 13.7. The molecular weight excluding hydrogens is 563 g/mol. The number of nitrogens with zero attached hydrogens (tertiary/aromatic N) is 3. The van der Waals surface area contributed by atoms with E-state index in [1.165, 1.54) is 23.5 Å². The number of benzene rings is 3. The molecule has 4 N–H and O–H groups in total. The quantitative estimate of drug-likeness (QED) is 0.213.